The lowest BCUT2D eigenvalue weighted by Crippen LogP contribution is -2.36. The number of carbonyl (C=O) groups excluding carboxylic acids is 2. The molecule has 38 heavy (non-hydrogen) atoms. The second kappa shape index (κ2) is 11.4. The second-order valence-electron chi connectivity index (χ2n) is 10.7. The number of piperidine rings is 1. The first-order chi connectivity index (χ1) is 18.4. The Morgan fingerprint density at radius 1 is 1.24 bits per heavy atom. The number of Topliss-reactive ketones (excluding diaryl/α,β-unsaturated/α-hetero) is 1. The summed E-state index contributed by atoms with van der Waals surface area (Å²) >= 11 is 6.54. The number of likely N-dealkylation sites (tertiary alicyclic amines) is 1. The predicted molar refractivity (Wildman–Crippen MR) is 141 cm³/mol. The number of ketones is 1. The Morgan fingerprint density at radius 3 is 2.76 bits per heavy atom. The van der Waals surface area contributed by atoms with Crippen molar-refractivity contribution in [3.05, 3.63) is 59.0 Å². The molecule has 2 aromatic heterocycles. The number of H-pyrrole nitrogens is 1. The third kappa shape index (κ3) is 5.83. The first-order valence-corrected chi connectivity index (χ1v) is 13.7. The zero-order chi connectivity index (χ0) is 26.7. The summed E-state index contributed by atoms with van der Waals surface area (Å²) in [5, 5.41) is 7.15. The number of nitrogens with zero attached hydrogens (tertiary/aromatic N) is 3. The average Bonchev–Trinajstić information content (AvgIpc) is 3.22. The minimum atomic E-state index is -0.399. The number of hydrogen-bond acceptors (Lipinski definition) is 6. The quantitative estimate of drug-likeness (QED) is 0.242. The Hall–Kier alpha value is -3.04. The minimum absolute atomic E-state index is 0.00603. The summed E-state index contributed by atoms with van der Waals surface area (Å²) in [4.78, 5) is 35.4. The molecular weight excluding hydrogens is 509 g/mol. The van der Waals surface area contributed by atoms with Gasteiger partial charge in [-0.15, -0.1) is 0 Å². The number of amides is 1. The molecule has 1 aliphatic heterocycles. The van der Waals surface area contributed by atoms with Gasteiger partial charge >= 0.3 is 0 Å². The van der Waals surface area contributed by atoms with E-state index in [1.165, 1.54) is 12.3 Å². The SMILES string of the molecule is CN1CCC2(CC1)C[C@@H]2C(=O)NC(CCCCCC(=O)c1ccon1)c1[nH]c(-c2ccccc2F)nc1Cl. The average molecular weight is 542 g/mol. The fraction of sp³-hybridized carbons (Fsp3) is 0.500. The maximum absolute atomic E-state index is 14.4. The Kier molecular flexibility index (Phi) is 7.95. The Bertz CT molecular complexity index is 1270. The monoisotopic (exact) mass is 541 g/mol. The summed E-state index contributed by atoms with van der Waals surface area (Å²) in [6.07, 6.45) is 7.63. The van der Waals surface area contributed by atoms with Crippen LogP contribution in [0.1, 0.15) is 73.6 Å². The molecule has 202 valence electrons. The smallest absolute Gasteiger partial charge is 0.224 e. The van der Waals surface area contributed by atoms with E-state index in [0.717, 1.165) is 45.2 Å². The maximum Gasteiger partial charge on any atom is 0.224 e. The van der Waals surface area contributed by atoms with Crippen LogP contribution in [0, 0.1) is 17.2 Å². The van der Waals surface area contributed by atoms with E-state index >= 15 is 0 Å². The molecule has 2 aliphatic rings. The molecule has 5 rings (SSSR count). The number of rotatable bonds is 11. The van der Waals surface area contributed by atoms with Crippen molar-refractivity contribution in [2.45, 2.75) is 57.4 Å². The van der Waals surface area contributed by atoms with Crippen LogP contribution in [0.25, 0.3) is 11.4 Å². The summed E-state index contributed by atoms with van der Waals surface area (Å²) in [7, 11) is 2.12. The normalized spacial score (nSPS) is 19.4. The Morgan fingerprint density at radius 2 is 2.03 bits per heavy atom. The van der Waals surface area contributed by atoms with Gasteiger partial charge in [-0.05, 0) is 69.8 Å². The highest BCUT2D eigenvalue weighted by Gasteiger charge is 2.58. The van der Waals surface area contributed by atoms with Gasteiger partial charge in [0.1, 0.15) is 23.6 Å². The molecule has 3 aromatic rings. The van der Waals surface area contributed by atoms with Crippen LogP contribution in [0.2, 0.25) is 5.15 Å². The van der Waals surface area contributed by atoms with Gasteiger partial charge in [-0.1, -0.05) is 41.7 Å². The minimum Gasteiger partial charge on any atom is -0.364 e. The molecule has 0 radical (unpaired) electrons. The number of carbonyl (C=O) groups is 2. The van der Waals surface area contributed by atoms with Crippen molar-refractivity contribution >= 4 is 23.3 Å². The molecule has 1 spiro atoms. The summed E-state index contributed by atoms with van der Waals surface area (Å²) in [6, 6.07) is 7.55. The van der Waals surface area contributed by atoms with Crippen LogP contribution in [0.5, 0.6) is 0 Å². The number of nitrogens with one attached hydrogen (secondary N) is 2. The molecule has 2 fully saturated rings. The molecule has 1 saturated carbocycles. The lowest BCUT2D eigenvalue weighted by molar-refractivity contribution is -0.124. The molecule has 3 heterocycles. The highest BCUT2D eigenvalue weighted by atomic mass is 35.5. The molecule has 10 heteroatoms. The lowest BCUT2D eigenvalue weighted by atomic mass is 9.90. The number of aromatic nitrogens is 3. The van der Waals surface area contributed by atoms with Gasteiger partial charge in [-0.25, -0.2) is 9.37 Å². The van der Waals surface area contributed by atoms with E-state index in [9.17, 15) is 14.0 Å². The summed E-state index contributed by atoms with van der Waals surface area (Å²) in [6.45, 7) is 2.03. The van der Waals surface area contributed by atoms with Crippen molar-refractivity contribution in [3.8, 4) is 11.4 Å². The van der Waals surface area contributed by atoms with Crippen LogP contribution in [0.15, 0.2) is 41.1 Å². The van der Waals surface area contributed by atoms with Crippen LogP contribution in [0.3, 0.4) is 0 Å². The van der Waals surface area contributed by atoms with Crippen LogP contribution in [-0.4, -0.2) is 51.9 Å². The molecule has 1 aromatic carbocycles. The highest BCUT2D eigenvalue weighted by Crippen LogP contribution is 2.59. The van der Waals surface area contributed by atoms with E-state index in [0.29, 0.717) is 42.0 Å². The van der Waals surface area contributed by atoms with E-state index in [1.807, 2.05) is 0 Å². The van der Waals surface area contributed by atoms with Gasteiger partial charge in [-0.3, -0.25) is 9.59 Å². The van der Waals surface area contributed by atoms with Crippen molar-refractivity contribution in [1.82, 2.24) is 25.3 Å². The molecule has 2 N–H and O–H groups in total. The summed E-state index contributed by atoms with van der Waals surface area (Å²) in [5.74, 6) is -0.0694. The maximum atomic E-state index is 14.4. The van der Waals surface area contributed by atoms with Crippen molar-refractivity contribution < 1.29 is 18.5 Å². The zero-order valence-corrected chi connectivity index (χ0v) is 22.3. The topological polar surface area (TPSA) is 104 Å². The van der Waals surface area contributed by atoms with Crippen LogP contribution >= 0.6 is 11.6 Å². The Labute approximate surface area is 226 Å². The number of halogens is 2. The standard InChI is InChI=1S/C28H33ClFN5O3/c1-35-14-12-28(13-15-35)17-19(28)27(37)31-22(9-3-2-4-10-23(36)21-11-16-38-34-21)24-25(29)33-26(32-24)18-7-5-6-8-20(18)30/h5-8,11,16,19,22H,2-4,9-10,12-15,17H2,1H3,(H,31,37)(H,32,33)/t19-,22?/m1/s1. The molecule has 0 bridgehead atoms. The third-order valence-electron chi connectivity index (χ3n) is 8.09. The van der Waals surface area contributed by atoms with Gasteiger partial charge in [0.15, 0.2) is 10.9 Å². The third-order valence-corrected chi connectivity index (χ3v) is 8.38. The van der Waals surface area contributed by atoms with Gasteiger partial charge in [0.2, 0.25) is 5.91 Å². The zero-order valence-electron chi connectivity index (χ0n) is 21.5. The number of benzene rings is 1. The highest BCUT2D eigenvalue weighted by molar-refractivity contribution is 6.30. The second-order valence-corrected chi connectivity index (χ2v) is 11.0. The number of imidazole rings is 1. The lowest BCUT2D eigenvalue weighted by Gasteiger charge is -2.30. The van der Waals surface area contributed by atoms with Crippen molar-refractivity contribution in [3.63, 3.8) is 0 Å². The fourth-order valence-electron chi connectivity index (χ4n) is 5.57. The van der Waals surface area contributed by atoms with Gasteiger partial charge in [0, 0.05) is 18.4 Å². The van der Waals surface area contributed by atoms with Crippen LogP contribution < -0.4 is 5.32 Å². The predicted octanol–water partition coefficient (Wildman–Crippen LogP) is 5.58. The van der Waals surface area contributed by atoms with Crippen LogP contribution in [-0.2, 0) is 4.79 Å². The number of aromatic amines is 1. The van der Waals surface area contributed by atoms with Crippen molar-refractivity contribution in [2.24, 2.45) is 11.3 Å². The Balaban J connectivity index is 1.25. The molecule has 1 unspecified atom stereocenters. The molecule has 1 saturated heterocycles. The number of unbranched alkanes of at least 4 members (excludes halogenated alkanes) is 2. The molecule has 2 atom stereocenters. The molecule has 1 amide bonds. The summed E-state index contributed by atoms with van der Waals surface area (Å²) in [5.41, 5.74) is 1.35. The van der Waals surface area contributed by atoms with Gasteiger partial charge in [0.25, 0.3) is 0 Å². The first-order valence-electron chi connectivity index (χ1n) is 13.3. The largest absolute Gasteiger partial charge is 0.364 e. The van der Waals surface area contributed by atoms with Crippen molar-refractivity contribution in [1.29, 1.82) is 0 Å². The van der Waals surface area contributed by atoms with E-state index in [1.54, 1.807) is 24.3 Å². The number of hydrogen-bond donors (Lipinski definition) is 2. The molecule has 1 aliphatic carbocycles. The molecule has 8 nitrogen and oxygen atoms in total. The molecular formula is C28H33ClFN5O3. The fourth-order valence-corrected chi connectivity index (χ4v) is 5.83. The van der Waals surface area contributed by atoms with E-state index in [2.05, 4.69) is 32.4 Å². The van der Waals surface area contributed by atoms with E-state index < -0.39 is 11.9 Å². The van der Waals surface area contributed by atoms with Gasteiger partial charge in [-0.2, -0.15) is 0 Å². The first kappa shape index (κ1) is 26.6. The van der Waals surface area contributed by atoms with E-state index in [4.69, 9.17) is 16.1 Å². The van der Waals surface area contributed by atoms with Crippen LogP contribution in [0.4, 0.5) is 4.39 Å². The van der Waals surface area contributed by atoms with E-state index in [-0.39, 0.29) is 28.2 Å². The van der Waals surface area contributed by atoms with Gasteiger partial charge < -0.3 is 19.7 Å². The van der Waals surface area contributed by atoms with Gasteiger partial charge in [0.05, 0.1) is 17.3 Å². The van der Waals surface area contributed by atoms with Crippen molar-refractivity contribution in [2.75, 3.05) is 20.1 Å². The summed E-state index contributed by atoms with van der Waals surface area (Å²) < 4.78 is 19.2.